The standard InChI is InChI=1S/C13H13FN2O2/c1-9(17)11-4-3-10(14)7-12(11)18-8-13-15-5-2-6-16-13/h2-7,9,17H,8H2,1H3/t9-/m0/s1. The molecule has 0 unspecified atom stereocenters. The van der Waals surface area contributed by atoms with Gasteiger partial charge in [0.25, 0.3) is 0 Å². The quantitative estimate of drug-likeness (QED) is 0.901. The van der Waals surface area contributed by atoms with Gasteiger partial charge in [-0.3, -0.25) is 0 Å². The SMILES string of the molecule is C[C@H](O)c1ccc(F)cc1OCc1ncccn1. The Hall–Kier alpha value is -2.01. The van der Waals surface area contributed by atoms with Crippen molar-refractivity contribution in [3.8, 4) is 5.75 Å². The second-order valence-electron chi connectivity index (χ2n) is 3.81. The number of halogens is 1. The van der Waals surface area contributed by atoms with E-state index in [0.717, 1.165) is 0 Å². The maximum atomic E-state index is 13.1. The van der Waals surface area contributed by atoms with Crippen molar-refractivity contribution in [2.24, 2.45) is 0 Å². The smallest absolute Gasteiger partial charge is 0.166 e. The first-order valence-corrected chi connectivity index (χ1v) is 5.53. The molecule has 0 radical (unpaired) electrons. The summed E-state index contributed by atoms with van der Waals surface area (Å²) in [5.74, 6) is 0.388. The van der Waals surface area contributed by atoms with Crippen LogP contribution >= 0.6 is 0 Å². The van der Waals surface area contributed by atoms with E-state index in [4.69, 9.17) is 4.74 Å². The molecular weight excluding hydrogens is 235 g/mol. The Labute approximate surface area is 104 Å². The molecule has 0 amide bonds. The Morgan fingerprint density at radius 1 is 1.33 bits per heavy atom. The molecule has 94 valence electrons. The van der Waals surface area contributed by atoms with Crippen LogP contribution in [0.15, 0.2) is 36.7 Å². The molecule has 1 atom stereocenters. The first-order valence-electron chi connectivity index (χ1n) is 5.53. The number of aliphatic hydroxyl groups excluding tert-OH is 1. The van der Waals surface area contributed by atoms with Crippen LogP contribution in [-0.2, 0) is 6.61 Å². The normalized spacial score (nSPS) is 12.2. The van der Waals surface area contributed by atoms with Crippen LogP contribution in [0.2, 0.25) is 0 Å². The summed E-state index contributed by atoms with van der Waals surface area (Å²) in [5.41, 5.74) is 0.535. The number of nitrogens with zero attached hydrogens (tertiary/aromatic N) is 2. The maximum absolute atomic E-state index is 13.1. The summed E-state index contributed by atoms with van der Waals surface area (Å²) < 4.78 is 18.6. The zero-order chi connectivity index (χ0) is 13.0. The third kappa shape index (κ3) is 3.01. The van der Waals surface area contributed by atoms with Crippen molar-refractivity contribution >= 4 is 0 Å². The highest BCUT2D eigenvalue weighted by Gasteiger charge is 2.10. The number of ether oxygens (including phenoxy) is 1. The van der Waals surface area contributed by atoms with E-state index in [1.165, 1.54) is 18.2 Å². The fourth-order valence-corrected chi connectivity index (χ4v) is 1.53. The third-order valence-corrected chi connectivity index (χ3v) is 2.40. The van der Waals surface area contributed by atoms with E-state index in [9.17, 15) is 9.50 Å². The number of benzene rings is 1. The molecule has 2 aromatic rings. The van der Waals surface area contributed by atoms with E-state index in [-0.39, 0.29) is 6.61 Å². The molecule has 1 aromatic carbocycles. The van der Waals surface area contributed by atoms with Crippen molar-refractivity contribution in [1.82, 2.24) is 9.97 Å². The van der Waals surface area contributed by atoms with Crippen molar-refractivity contribution < 1.29 is 14.2 Å². The van der Waals surface area contributed by atoms with Crippen LogP contribution in [0.4, 0.5) is 4.39 Å². The molecule has 2 rings (SSSR count). The number of aliphatic hydroxyl groups is 1. The molecule has 0 saturated heterocycles. The molecule has 0 spiro atoms. The number of aromatic nitrogens is 2. The van der Waals surface area contributed by atoms with Gasteiger partial charge in [0.15, 0.2) is 5.82 Å². The lowest BCUT2D eigenvalue weighted by atomic mass is 10.1. The van der Waals surface area contributed by atoms with E-state index in [2.05, 4.69) is 9.97 Å². The fourth-order valence-electron chi connectivity index (χ4n) is 1.53. The van der Waals surface area contributed by atoms with Crippen LogP contribution in [0, 0.1) is 5.82 Å². The van der Waals surface area contributed by atoms with Gasteiger partial charge in [0, 0.05) is 24.0 Å². The van der Waals surface area contributed by atoms with E-state index in [1.54, 1.807) is 25.4 Å². The topological polar surface area (TPSA) is 55.2 Å². The molecule has 0 bridgehead atoms. The van der Waals surface area contributed by atoms with Crippen LogP contribution in [0.5, 0.6) is 5.75 Å². The summed E-state index contributed by atoms with van der Waals surface area (Å²) in [6, 6.07) is 5.73. The van der Waals surface area contributed by atoms with Crippen molar-refractivity contribution in [2.75, 3.05) is 0 Å². The van der Waals surface area contributed by atoms with Crippen LogP contribution < -0.4 is 4.74 Å². The lowest BCUT2D eigenvalue weighted by molar-refractivity contribution is 0.189. The summed E-state index contributed by atoms with van der Waals surface area (Å²) in [4.78, 5) is 8.00. The van der Waals surface area contributed by atoms with Crippen molar-refractivity contribution in [3.63, 3.8) is 0 Å². The fraction of sp³-hybridized carbons (Fsp3) is 0.231. The van der Waals surface area contributed by atoms with E-state index in [0.29, 0.717) is 17.1 Å². The molecule has 1 N–H and O–H groups in total. The second-order valence-corrected chi connectivity index (χ2v) is 3.81. The second kappa shape index (κ2) is 5.55. The zero-order valence-corrected chi connectivity index (χ0v) is 9.88. The molecule has 5 heteroatoms. The minimum Gasteiger partial charge on any atom is -0.485 e. The molecule has 0 aliphatic carbocycles. The van der Waals surface area contributed by atoms with Gasteiger partial charge >= 0.3 is 0 Å². The molecule has 1 heterocycles. The molecule has 0 aliphatic rings. The molecular formula is C13H13FN2O2. The van der Waals surface area contributed by atoms with Crippen LogP contribution in [0.3, 0.4) is 0 Å². The Balaban J connectivity index is 2.15. The van der Waals surface area contributed by atoms with E-state index >= 15 is 0 Å². The minimum absolute atomic E-state index is 0.129. The molecule has 4 nitrogen and oxygen atoms in total. The third-order valence-electron chi connectivity index (χ3n) is 2.40. The highest BCUT2D eigenvalue weighted by molar-refractivity contribution is 5.35. The first-order chi connectivity index (χ1) is 8.66. The highest BCUT2D eigenvalue weighted by atomic mass is 19.1. The predicted molar refractivity (Wildman–Crippen MR) is 63.4 cm³/mol. The Morgan fingerprint density at radius 2 is 2.06 bits per heavy atom. The van der Waals surface area contributed by atoms with Gasteiger partial charge in [0.05, 0.1) is 6.10 Å². The van der Waals surface area contributed by atoms with Gasteiger partial charge in [-0.1, -0.05) is 0 Å². The molecule has 18 heavy (non-hydrogen) atoms. The summed E-state index contributed by atoms with van der Waals surface area (Å²) in [5, 5.41) is 9.56. The van der Waals surface area contributed by atoms with Gasteiger partial charge < -0.3 is 9.84 Å². The van der Waals surface area contributed by atoms with Gasteiger partial charge in [-0.05, 0) is 25.1 Å². The van der Waals surface area contributed by atoms with Gasteiger partial charge in [-0.2, -0.15) is 0 Å². The molecule has 0 fully saturated rings. The summed E-state index contributed by atoms with van der Waals surface area (Å²) in [7, 11) is 0. The highest BCUT2D eigenvalue weighted by Crippen LogP contribution is 2.26. The lowest BCUT2D eigenvalue weighted by Gasteiger charge is -2.12. The zero-order valence-electron chi connectivity index (χ0n) is 9.88. The number of hydrogen-bond donors (Lipinski definition) is 1. The lowest BCUT2D eigenvalue weighted by Crippen LogP contribution is -2.04. The maximum Gasteiger partial charge on any atom is 0.166 e. The summed E-state index contributed by atoms with van der Waals surface area (Å²) in [6.07, 6.45) is 2.48. The first kappa shape index (κ1) is 12.4. The monoisotopic (exact) mass is 248 g/mol. The van der Waals surface area contributed by atoms with E-state index < -0.39 is 11.9 Å². The van der Waals surface area contributed by atoms with E-state index in [1.807, 2.05) is 0 Å². The molecule has 1 aromatic heterocycles. The Kier molecular flexibility index (Phi) is 3.84. The summed E-state index contributed by atoms with van der Waals surface area (Å²) in [6.45, 7) is 1.73. The minimum atomic E-state index is -0.725. The Bertz CT molecular complexity index is 518. The predicted octanol–water partition coefficient (Wildman–Crippen LogP) is 2.25. The van der Waals surface area contributed by atoms with Gasteiger partial charge in [-0.15, -0.1) is 0 Å². The van der Waals surface area contributed by atoms with Gasteiger partial charge in [0.1, 0.15) is 18.2 Å². The average Bonchev–Trinajstić information content (AvgIpc) is 2.37. The van der Waals surface area contributed by atoms with Crippen LogP contribution in [-0.4, -0.2) is 15.1 Å². The van der Waals surface area contributed by atoms with Crippen LogP contribution in [0.1, 0.15) is 24.4 Å². The van der Waals surface area contributed by atoms with Crippen molar-refractivity contribution in [2.45, 2.75) is 19.6 Å². The van der Waals surface area contributed by atoms with Gasteiger partial charge in [-0.25, -0.2) is 14.4 Å². The van der Waals surface area contributed by atoms with Gasteiger partial charge in [0.2, 0.25) is 0 Å². The van der Waals surface area contributed by atoms with Crippen LogP contribution in [0.25, 0.3) is 0 Å². The molecule has 0 saturated carbocycles. The number of rotatable bonds is 4. The summed E-state index contributed by atoms with van der Waals surface area (Å²) >= 11 is 0. The van der Waals surface area contributed by atoms with Crippen molar-refractivity contribution in [1.29, 1.82) is 0 Å². The molecule has 0 aliphatic heterocycles. The Morgan fingerprint density at radius 3 is 2.72 bits per heavy atom. The van der Waals surface area contributed by atoms with Crippen molar-refractivity contribution in [3.05, 3.63) is 53.9 Å². The average molecular weight is 248 g/mol. The number of hydrogen-bond acceptors (Lipinski definition) is 4. The largest absolute Gasteiger partial charge is 0.485 e.